The Hall–Kier alpha value is -2.23. The van der Waals surface area contributed by atoms with Crippen molar-refractivity contribution in [3.63, 3.8) is 0 Å². The van der Waals surface area contributed by atoms with Crippen molar-refractivity contribution in [2.75, 3.05) is 47.1 Å². The lowest BCUT2D eigenvalue weighted by Crippen LogP contribution is -2.46. The van der Waals surface area contributed by atoms with Gasteiger partial charge in [-0.25, -0.2) is 0 Å². The maximum absolute atomic E-state index is 12.6. The van der Waals surface area contributed by atoms with Gasteiger partial charge in [-0.1, -0.05) is 11.6 Å². The number of carbonyl (C=O) groups is 3. The largest absolute Gasteiger partial charge is 0.493 e. The van der Waals surface area contributed by atoms with Crippen LogP contribution in [0.5, 0.6) is 11.5 Å². The Morgan fingerprint density at radius 2 is 1.86 bits per heavy atom. The monoisotopic (exact) mass is 426 g/mol. The molecule has 1 aromatic rings. The number of amides is 3. The first-order valence-electron chi connectivity index (χ1n) is 8.47. The third kappa shape index (κ3) is 4.26. The zero-order valence-corrected chi connectivity index (χ0v) is 17.0. The smallest absolute Gasteiger partial charge is 0.294 e. The number of halogens is 1. The lowest BCUT2D eigenvalue weighted by molar-refractivity contribution is -0.139. The fourth-order valence-corrected chi connectivity index (χ4v) is 3.84. The summed E-state index contributed by atoms with van der Waals surface area (Å²) in [5.41, 5.74) is 0.504. The third-order valence-corrected chi connectivity index (χ3v) is 5.55. The Morgan fingerprint density at radius 3 is 2.50 bits per heavy atom. The molecule has 0 N–H and O–H groups in total. The van der Waals surface area contributed by atoms with E-state index in [0.717, 1.165) is 16.7 Å². The molecule has 2 saturated heterocycles. The molecule has 0 unspecified atom stereocenters. The van der Waals surface area contributed by atoms with E-state index in [4.69, 9.17) is 25.8 Å². The molecule has 0 bridgehead atoms. The first-order valence-corrected chi connectivity index (χ1v) is 9.66. The highest BCUT2D eigenvalue weighted by Gasteiger charge is 2.37. The van der Waals surface area contributed by atoms with E-state index >= 15 is 0 Å². The first kappa shape index (κ1) is 20.5. The van der Waals surface area contributed by atoms with E-state index < -0.39 is 11.1 Å². The molecule has 2 aliphatic heterocycles. The summed E-state index contributed by atoms with van der Waals surface area (Å²) in [6.45, 7) is 1.51. The predicted octanol–water partition coefficient (Wildman–Crippen LogP) is 2.25. The number of hydrogen-bond acceptors (Lipinski definition) is 7. The van der Waals surface area contributed by atoms with Crippen molar-refractivity contribution in [3.8, 4) is 11.5 Å². The maximum atomic E-state index is 12.6. The molecule has 3 amide bonds. The van der Waals surface area contributed by atoms with Crippen LogP contribution in [0.1, 0.15) is 5.56 Å². The fourth-order valence-electron chi connectivity index (χ4n) is 2.81. The van der Waals surface area contributed by atoms with Gasteiger partial charge >= 0.3 is 0 Å². The van der Waals surface area contributed by atoms with Gasteiger partial charge in [0.1, 0.15) is 6.54 Å². The summed E-state index contributed by atoms with van der Waals surface area (Å²) in [6, 6.07) is 3.19. The molecule has 2 aliphatic rings. The number of imide groups is 1. The molecule has 0 radical (unpaired) electrons. The summed E-state index contributed by atoms with van der Waals surface area (Å²) in [5, 5.41) is -0.150. The molecule has 0 aliphatic carbocycles. The van der Waals surface area contributed by atoms with Crippen LogP contribution in [0, 0.1) is 0 Å². The van der Waals surface area contributed by atoms with Crippen molar-refractivity contribution in [3.05, 3.63) is 27.6 Å². The Bertz CT molecular complexity index is 838. The lowest BCUT2D eigenvalue weighted by atomic mass is 10.1. The van der Waals surface area contributed by atoms with Crippen molar-refractivity contribution >= 4 is 46.5 Å². The Kier molecular flexibility index (Phi) is 6.48. The number of rotatable bonds is 5. The standard InChI is InChI=1S/C18H19ClN2O6S/c1-25-13-7-11(12(19)9-14(13)26-2)8-15-17(23)21(18(24)28-15)10-16(22)20-3-5-27-6-4-20/h7-9H,3-6,10H2,1-2H3/b15-8-. The summed E-state index contributed by atoms with van der Waals surface area (Å²) in [6.07, 6.45) is 1.51. The number of thioether (sulfide) groups is 1. The number of hydrogen-bond donors (Lipinski definition) is 0. The molecule has 0 aromatic heterocycles. The molecule has 150 valence electrons. The van der Waals surface area contributed by atoms with E-state index in [1.165, 1.54) is 20.3 Å². The van der Waals surface area contributed by atoms with E-state index in [9.17, 15) is 14.4 Å². The summed E-state index contributed by atoms with van der Waals surface area (Å²) >= 11 is 7.02. The second kappa shape index (κ2) is 8.85. The quantitative estimate of drug-likeness (QED) is 0.667. The van der Waals surface area contributed by atoms with Gasteiger partial charge in [-0.05, 0) is 29.5 Å². The van der Waals surface area contributed by atoms with Crippen molar-refractivity contribution in [2.24, 2.45) is 0 Å². The van der Waals surface area contributed by atoms with E-state index in [1.807, 2.05) is 0 Å². The van der Waals surface area contributed by atoms with Crippen molar-refractivity contribution in [1.29, 1.82) is 0 Å². The number of nitrogens with zero attached hydrogens (tertiary/aromatic N) is 2. The summed E-state index contributed by atoms with van der Waals surface area (Å²) in [5.74, 6) is 0.0900. The van der Waals surface area contributed by atoms with Gasteiger partial charge in [0.05, 0.1) is 37.4 Å². The van der Waals surface area contributed by atoms with Gasteiger partial charge in [-0.2, -0.15) is 0 Å². The van der Waals surface area contributed by atoms with Gasteiger partial charge in [-0.15, -0.1) is 0 Å². The van der Waals surface area contributed by atoms with Crippen LogP contribution in [-0.2, 0) is 14.3 Å². The van der Waals surface area contributed by atoms with Gasteiger partial charge in [0, 0.05) is 19.2 Å². The Labute approximate surface area is 171 Å². The predicted molar refractivity (Wildman–Crippen MR) is 105 cm³/mol. The van der Waals surface area contributed by atoms with Crippen LogP contribution < -0.4 is 9.47 Å². The molecule has 8 nitrogen and oxygen atoms in total. The van der Waals surface area contributed by atoms with Crippen LogP contribution in [0.4, 0.5) is 4.79 Å². The molecule has 0 spiro atoms. The second-order valence-corrected chi connectivity index (χ2v) is 7.39. The highest BCUT2D eigenvalue weighted by atomic mass is 35.5. The molecule has 2 heterocycles. The molecule has 0 saturated carbocycles. The number of ether oxygens (including phenoxy) is 3. The van der Waals surface area contributed by atoms with Crippen LogP contribution >= 0.6 is 23.4 Å². The lowest BCUT2D eigenvalue weighted by Gasteiger charge is -2.28. The summed E-state index contributed by atoms with van der Waals surface area (Å²) < 4.78 is 15.6. The van der Waals surface area contributed by atoms with E-state index in [-0.39, 0.29) is 17.4 Å². The molecule has 10 heteroatoms. The molecule has 3 rings (SSSR count). The maximum Gasteiger partial charge on any atom is 0.294 e. The second-order valence-electron chi connectivity index (χ2n) is 5.99. The topological polar surface area (TPSA) is 85.4 Å². The SMILES string of the molecule is COc1cc(Cl)c(/C=C2\SC(=O)N(CC(=O)N3CCOCC3)C2=O)cc1OC. The van der Waals surface area contributed by atoms with E-state index in [2.05, 4.69) is 0 Å². The average Bonchev–Trinajstić information content (AvgIpc) is 2.97. The molecule has 1 aromatic carbocycles. The zero-order chi connectivity index (χ0) is 20.3. The normalized spacial score (nSPS) is 18.8. The van der Waals surface area contributed by atoms with Crippen molar-refractivity contribution in [1.82, 2.24) is 9.80 Å². The minimum Gasteiger partial charge on any atom is -0.493 e. The number of benzene rings is 1. The fraction of sp³-hybridized carbons (Fsp3) is 0.389. The van der Waals surface area contributed by atoms with Crippen LogP contribution in [0.25, 0.3) is 6.08 Å². The van der Waals surface area contributed by atoms with Gasteiger partial charge < -0.3 is 19.1 Å². The third-order valence-electron chi connectivity index (χ3n) is 4.32. The molecule has 28 heavy (non-hydrogen) atoms. The Balaban J connectivity index is 1.78. The minimum atomic E-state index is -0.525. The summed E-state index contributed by atoms with van der Waals surface area (Å²) in [4.78, 5) is 40.0. The first-order chi connectivity index (χ1) is 13.4. The van der Waals surface area contributed by atoms with Gasteiger partial charge in [-0.3, -0.25) is 19.3 Å². The van der Waals surface area contributed by atoms with E-state index in [0.29, 0.717) is 48.4 Å². The number of methoxy groups -OCH3 is 2. The molecular formula is C18H19ClN2O6S. The highest BCUT2D eigenvalue weighted by Crippen LogP contribution is 2.37. The number of morpholine rings is 1. The average molecular weight is 427 g/mol. The van der Waals surface area contributed by atoms with Crippen LogP contribution in [0.15, 0.2) is 17.0 Å². The van der Waals surface area contributed by atoms with Crippen LogP contribution in [-0.4, -0.2) is 73.9 Å². The van der Waals surface area contributed by atoms with Crippen molar-refractivity contribution in [2.45, 2.75) is 0 Å². The molecular weight excluding hydrogens is 408 g/mol. The van der Waals surface area contributed by atoms with Crippen LogP contribution in [0.3, 0.4) is 0 Å². The Morgan fingerprint density at radius 1 is 1.21 bits per heavy atom. The molecule has 0 atom stereocenters. The van der Waals surface area contributed by atoms with Gasteiger partial charge in [0.25, 0.3) is 11.1 Å². The minimum absolute atomic E-state index is 0.189. The van der Waals surface area contributed by atoms with E-state index in [1.54, 1.807) is 17.0 Å². The summed E-state index contributed by atoms with van der Waals surface area (Å²) in [7, 11) is 2.98. The zero-order valence-electron chi connectivity index (χ0n) is 15.4. The number of carbonyl (C=O) groups excluding carboxylic acids is 3. The van der Waals surface area contributed by atoms with Crippen molar-refractivity contribution < 1.29 is 28.6 Å². The van der Waals surface area contributed by atoms with Gasteiger partial charge in [0.2, 0.25) is 5.91 Å². The molecule has 2 fully saturated rings. The van der Waals surface area contributed by atoms with Gasteiger partial charge in [0.15, 0.2) is 11.5 Å². The highest BCUT2D eigenvalue weighted by molar-refractivity contribution is 8.18. The van der Waals surface area contributed by atoms with Crippen LogP contribution in [0.2, 0.25) is 5.02 Å².